The van der Waals surface area contributed by atoms with Gasteiger partial charge in [0.05, 0.1) is 18.3 Å². The van der Waals surface area contributed by atoms with Crippen LogP contribution in [-0.2, 0) is 11.2 Å². The third-order valence-corrected chi connectivity index (χ3v) is 3.02. The molecule has 0 saturated heterocycles. The predicted octanol–water partition coefficient (Wildman–Crippen LogP) is 3.47. The molecule has 2 rings (SSSR count). The van der Waals surface area contributed by atoms with Crippen LogP contribution in [0.4, 0.5) is 15.9 Å². The fourth-order valence-electron chi connectivity index (χ4n) is 1.87. The third kappa shape index (κ3) is 5.16. The van der Waals surface area contributed by atoms with E-state index in [0.29, 0.717) is 11.6 Å². The van der Waals surface area contributed by atoms with Gasteiger partial charge in [0.1, 0.15) is 11.6 Å². The summed E-state index contributed by atoms with van der Waals surface area (Å²) in [5.41, 5.74) is 1.41. The van der Waals surface area contributed by atoms with E-state index in [1.54, 1.807) is 24.4 Å². The van der Waals surface area contributed by atoms with E-state index in [1.165, 1.54) is 12.1 Å². The number of nitrogens with one attached hydrogen (secondary N) is 2. The van der Waals surface area contributed by atoms with Crippen LogP contribution in [0.25, 0.3) is 0 Å². The van der Waals surface area contributed by atoms with Gasteiger partial charge in [0.2, 0.25) is 5.91 Å². The summed E-state index contributed by atoms with van der Waals surface area (Å²) in [5.74, 6) is 0.858. The minimum Gasteiger partial charge on any atom is -0.370 e. The summed E-state index contributed by atoms with van der Waals surface area (Å²) in [6, 6.07) is 9.53. The summed E-state index contributed by atoms with van der Waals surface area (Å²) >= 11 is 0. The second-order valence-corrected chi connectivity index (χ2v) is 5.56. The number of aromatic nitrogens is 1. The molecular formula is C17H20FN3O. The summed E-state index contributed by atoms with van der Waals surface area (Å²) in [7, 11) is 0. The van der Waals surface area contributed by atoms with Crippen LogP contribution in [-0.4, -0.2) is 17.4 Å². The normalized spacial score (nSPS) is 10.5. The first-order valence-electron chi connectivity index (χ1n) is 7.27. The molecule has 0 unspecified atom stereocenters. The van der Waals surface area contributed by atoms with Crippen molar-refractivity contribution in [3.63, 3.8) is 0 Å². The van der Waals surface area contributed by atoms with Gasteiger partial charge in [-0.25, -0.2) is 9.37 Å². The minimum absolute atomic E-state index is 0.156. The summed E-state index contributed by atoms with van der Waals surface area (Å²) < 4.78 is 12.8. The number of hydrogen-bond donors (Lipinski definition) is 2. The second kappa shape index (κ2) is 7.54. The molecule has 0 atom stereocenters. The first-order valence-corrected chi connectivity index (χ1v) is 7.27. The van der Waals surface area contributed by atoms with Gasteiger partial charge in [-0.3, -0.25) is 4.79 Å². The number of pyridine rings is 1. The van der Waals surface area contributed by atoms with E-state index < -0.39 is 0 Å². The summed E-state index contributed by atoms with van der Waals surface area (Å²) in [6.07, 6.45) is 1.82. The number of anilines is 2. The molecule has 1 heterocycles. The van der Waals surface area contributed by atoms with Gasteiger partial charge in [0, 0.05) is 6.54 Å². The molecule has 1 aromatic heterocycles. The molecule has 0 aliphatic carbocycles. The number of halogens is 1. The Morgan fingerprint density at radius 1 is 1.18 bits per heavy atom. The lowest BCUT2D eigenvalue weighted by Gasteiger charge is -2.09. The molecule has 1 amide bonds. The van der Waals surface area contributed by atoms with Crippen LogP contribution in [0.2, 0.25) is 0 Å². The average molecular weight is 301 g/mol. The molecule has 4 nitrogen and oxygen atoms in total. The number of rotatable bonds is 6. The van der Waals surface area contributed by atoms with E-state index in [0.717, 1.165) is 17.9 Å². The molecule has 0 fully saturated rings. The number of nitrogens with zero attached hydrogens (tertiary/aromatic N) is 1. The summed E-state index contributed by atoms with van der Waals surface area (Å²) in [4.78, 5) is 16.2. The SMILES string of the molecule is CC(C)CNc1ccc(NC(=O)Cc2ccc(F)cc2)cn1. The van der Waals surface area contributed by atoms with E-state index in [2.05, 4.69) is 29.5 Å². The predicted molar refractivity (Wildman–Crippen MR) is 86.3 cm³/mol. The number of carbonyl (C=O) groups is 1. The summed E-state index contributed by atoms with van der Waals surface area (Å²) in [6.45, 7) is 5.09. The molecule has 2 N–H and O–H groups in total. The minimum atomic E-state index is -0.308. The van der Waals surface area contributed by atoms with Crippen molar-refractivity contribution in [2.75, 3.05) is 17.2 Å². The van der Waals surface area contributed by atoms with Crippen LogP contribution < -0.4 is 10.6 Å². The number of hydrogen-bond acceptors (Lipinski definition) is 3. The highest BCUT2D eigenvalue weighted by molar-refractivity contribution is 5.92. The smallest absolute Gasteiger partial charge is 0.228 e. The third-order valence-electron chi connectivity index (χ3n) is 3.02. The Morgan fingerprint density at radius 3 is 2.50 bits per heavy atom. The highest BCUT2D eigenvalue weighted by Crippen LogP contribution is 2.11. The van der Waals surface area contributed by atoms with E-state index >= 15 is 0 Å². The standard InChI is InChI=1S/C17H20FN3O/c1-12(2)10-19-16-8-7-15(11-20-16)21-17(22)9-13-3-5-14(18)6-4-13/h3-8,11-12H,9-10H2,1-2H3,(H,19,20)(H,21,22). The molecular weight excluding hydrogens is 281 g/mol. The van der Waals surface area contributed by atoms with Gasteiger partial charge in [-0.1, -0.05) is 26.0 Å². The number of carbonyl (C=O) groups excluding carboxylic acids is 1. The van der Waals surface area contributed by atoms with Crippen molar-refractivity contribution in [3.05, 3.63) is 54.0 Å². The van der Waals surface area contributed by atoms with E-state index in [4.69, 9.17) is 0 Å². The fourth-order valence-corrected chi connectivity index (χ4v) is 1.87. The van der Waals surface area contributed by atoms with E-state index in [9.17, 15) is 9.18 Å². The van der Waals surface area contributed by atoms with Gasteiger partial charge in [-0.15, -0.1) is 0 Å². The molecule has 5 heteroatoms. The van der Waals surface area contributed by atoms with Gasteiger partial charge in [0.25, 0.3) is 0 Å². The van der Waals surface area contributed by atoms with Crippen molar-refractivity contribution < 1.29 is 9.18 Å². The Kier molecular flexibility index (Phi) is 5.47. The largest absolute Gasteiger partial charge is 0.370 e. The lowest BCUT2D eigenvalue weighted by Crippen LogP contribution is -2.15. The Hall–Kier alpha value is -2.43. The fraction of sp³-hybridized carbons (Fsp3) is 0.294. The van der Waals surface area contributed by atoms with E-state index in [-0.39, 0.29) is 18.1 Å². The molecule has 0 aliphatic rings. The van der Waals surface area contributed by atoms with Crippen molar-refractivity contribution >= 4 is 17.4 Å². The molecule has 22 heavy (non-hydrogen) atoms. The first kappa shape index (κ1) is 15.9. The topological polar surface area (TPSA) is 54.0 Å². The van der Waals surface area contributed by atoms with Crippen molar-refractivity contribution in [2.45, 2.75) is 20.3 Å². The zero-order valence-corrected chi connectivity index (χ0v) is 12.8. The Bertz CT molecular complexity index is 609. The average Bonchev–Trinajstić information content (AvgIpc) is 2.49. The highest BCUT2D eigenvalue weighted by atomic mass is 19.1. The molecule has 1 aromatic carbocycles. The first-order chi connectivity index (χ1) is 10.5. The highest BCUT2D eigenvalue weighted by Gasteiger charge is 2.05. The van der Waals surface area contributed by atoms with Crippen LogP contribution in [0, 0.1) is 11.7 Å². The van der Waals surface area contributed by atoms with Gasteiger partial charge in [-0.2, -0.15) is 0 Å². The molecule has 0 bridgehead atoms. The van der Waals surface area contributed by atoms with Crippen LogP contribution >= 0.6 is 0 Å². The molecule has 0 radical (unpaired) electrons. The van der Waals surface area contributed by atoms with Crippen LogP contribution in [0.3, 0.4) is 0 Å². The lowest BCUT2D eigenvalue weighted by molar-refractivity contribution is -0.115. The maximum Gasteiger partial charge on any atom is 0.228 e. The maximum absolute atomic E-state index is 12.8. The molecule has 0 spiro atoms. The van der Waals surface area contributed by atoms with Crippen LogP contribution in [0.1, 0.15) is 19.4 Å². The van der Waals surface area contributed by atoms with Crippen LogP contribution in [0.5, 0.6) is 0 Å². The maximum atomic E-state index is 12.8. The zero-order valence-electron chi connectivity index (χ0n) is 12.8. The molecule has 0 saturated carbocycles. The monoisotopic (exact) mass is 301 g/mol. The number of benzene rings is 1. The number of amides is 1. The van der Waals surface area contributed by atoms with Gasteiger partial charge >= 0.3 is 0 Å². The second-order valence-electron chi connectivity index (χ2n) is 5.56. The van der Waals surface area contributed by atoms with Crippen molar-refractivity contribution in [1.82, 2.24) is 4.98 Å². The van der Waals surface area contributed by atoms with Crippen molar-refractivity contribution in [3.8, 4) is 0 Å². The van der Waals surface area contributed by atoms with Crippen LogP contribution in [0.15, 0.2) is 42.6 Å². The zero-order chi connectivity index (χ0) is 15.9. The van der Waals surface area contributed by atoms with E-state index in [1.807, 2.05) is 6.07 Å². The van der Waals surface area contributed by atoms with Gasteiger partial charge < -0.3 is 10.6 Å². The van der Waals surface area contributed by atoms with Gasteiger partial charge in [-0.05, 0) is 35.7 Å². The Labute approximate surface area is 129 Å². The Balaban J connectivity index is 1.87. The molecule has 116 valence electrons. The quantitative estimate of drug-likeness (QED) is 0.859. The molecule has 0 aliphatic heterocycles. The summed E-state index contributed by atoms with van der Waals surface area (Å²) in [5, 5.41) is 5.98. The van der Waals surface area contributed by atoms with Gasteiger partial charge in [0.15, 0.2) is 0 Å². The lowest BCUT2D eigenvalue weighted by atomic mass is 10.1. The Morgan fingerprint density at radius 2 is 1.91 bits per heavy atom. The van der Waals surface area contributed by atoms with Crippen molar-refractivity contribution in [2.24, 2.45) is 5.92 Å². The van der Waals surface area contributed by atoms with Crippen molar-refractivity contribution in [1.29, 1.82) is 0 Å². The molecule has 2 aromatic rings.